The first-order chi connectivity index (χ1) is 42.4. The SMILES string of the molecule is CCCS(=O)(=O)Nc1ccc(F)c(C(=O)c2c[nH]c3ncc(-c4ccc(OC)cc4C)cc23)c1F.CCCS(=O)(=O)Nc1ccc(F)c(C(=O)c2cn(C(=O)c3c(Cl)cccc3Cl)c3ncc(B4OC(C)(C)C(C)(C)O4)cc23)c1F.COc1ccc(Br)c(C)c1. The molecule has 472 valence electrons. The topological polar surface area (TPSA) is 227 Å². The van der Waals surface area contributed by atoms with Crippen LogP contribution in [0.4, 0.5) is 28.9 Å². The number of nitrogens with zero attached hydrogens (tertiary/aromatic N) is 3. The minimum Gasteiger partial charge on any atom is -0.497 e. The Morgan fingerprint density at radius 1 is 0.678 bits per heavy atom. The molecule has 0 amide bonds. The highest BCUT2D eigenvalue weighted by Gasteiger charge is 2.52. The van der Waals surface area contributed by atoms with Gasteiger partial charge in [-0.1, -0.05) is 65.1 Å². The molecule has 0 atom stereocenters. The van der Waals surface area contributed by atoms with Gasteiger partial charge in [0.05, 0.1) is 80.6 Å². The predicted molar refractivity (Wildman–Crippen MR) is 345 cm³/mol. The number of aryl methyl sites for hydroxylation is 2. The first-order valence-corrected chi connectivity index (χ1v) is 32.6. The summed E-state index contributed by atoms with van der Waals surface area (Å²) in [5.74, 6) is -6.87. The Hall–Kier alpha value is -7.65. The van der Waals surface area contributed by atoms with E-state index in [1.54, 1.807) is 52.5 Å². The van der Waals surface area contributed by atoms with Gasteiger partial charge < -0.3 is 23.8 Å². The zero-order chi connectivity index (χ0) is 65.9. The van der Waals surface area contributed by atoms with Crippen molar-refractivity contribution in [1.82, 2.24) is 19.5 Å². The number of rotatable bonds is 17. The van der Waals surface area contributed by atoms with Crippen molar-refractivity contribution in [2.75, 3.05) is 35.2 Å². The molecule has 90 heavy (non-hydrogen) atoms. The van der Waals surface area contributed by atoms with Gasteiger partial charge in [0.15, 0.2) is 11.6 Å². The number of hydrogen-bond donors (Lipinski definition) is 3. The van der Waals surface area contributed by atoms with Crippen molar-refractivity contribution in [3.63, 3.8) is 0 Å². The number of sulfonamides is 2. The largest absolute Gasteiger partial charge is 0.497 e. The average molecular weight is 1380 g/mol. The number of carbonyl (C=O) groups is 3. The number of halogens is 7. The van der Waals surface area contributed by atoms with E-state index in [-0.39, 0.29) is 55.7 Å². The van der Waals surface area contributed by atoms with Gasteiger partial charge >= 0.3 is 7.12 Å². The molecule has 0 saturated carbocycles. The molecular weight excluding hydrogens is 1320 g/mol. The number of ether oxygens (including phenoxy) is 2. The number of methoxy groups -OCH3 is 2. The third kappa shape index (κ3) is 14.6. The standard InChI is InChI=1S/C30H28BCl2F2N3O6S.C25H23F2N3O4S.C8H9BrO/c1-6-12-45(41,42)37-22-11-10-21(34)24(25(22)35)26(39)18-15-38(28(40)23-19(32)8-7-9-20(23)33)27-17(18)13-16(14-36-27)31-43-29(2,3)30(4,5)44-31;1-4-9-35(32,33)30-21-8-7-20(26)22(23(21)27)24(31)19-13-29-25-18(19)11-15(12-28-25)17-6-5-16(34-3)10-14(17)2;1-6-5-7(10-2)3-4-8(6)9/h7-11,13-15,37H,6,12H2,1-5H3;5-8,10-13,30H,4,9H2,1-3H3,(H,28,29);3-5H,1-2H3. The Morgan fingerprint density at radius 3 is 1.71 bits per heavy atom. The second kappa shape index (κ2) is 27.4. The second-order valence-electron chi connectivity index (χ2n) is 21.7. The first kappa shape index (κ1) is 68.3. The number of ketones is 2. The fourth-order valence-electron chi connectivity index (χ4n) is 9.48. The van der Waals surface area contributed by atoms with Crippen molar-refractivity contribution < 1.29 is 67.6 Å². The van der Waals surface area contributed by atoms with Crippen molar-refractivity contribution in [2.24, 2.45) is 0 Å². The number of anilines is 2. The van der Waals surface area contributed by atoms with E-state index in [2.05, 4.69) is 40.3 Å². The summed E-state index contributed by atoms with van der Waals surface area (Å²) in [4.78, 5) is 52.6. The zero-order valence-corrected chi connectivity index (χ0v) is 54.9. The van der Waals surface area contributed by atoms with Gasteiger partial charge in [-0.05, 0) is 150 Å². The summed E-state index contributed by atoms with van der Waals surface area (Å²) in [7, 11) is -5.50. The highest BCUT2D eigenvalue weighted by Crippen LogP contribution is 2.38. The van der Waals surface area contributed by atoms with Crippen LogP contribution in [0.1, 0.15) is 108 Å². The van der Waals surface area contributed by atoms with E-state index in [0.29, 0.717) is 34.2 Å². The van der Waals surface area contributed by atoms with Crippen LogP contribution < -0.4 is 24.4 Å². The van der Waals surface area contributed by atoms with Gasteiger partial charge in [-0.15, -0.1) is 0 Å². The predicted octanol–water partition coefficient (Wildman–Crippen LogP) is 14.0. The third-order valence-corrected chi connectivity index (χ3v) is 19.3. The van der Waals surface area contributed by atoms with Crippen molar-refractivity contribution in [1.29, 1.82) is 0 Å². The normalized spacial score (nSPS) is 13.5. The van der Waals surface area contributed by atoms with Crippen LogP contribution in [-0.2, 0) is 29.4 Å². The number of nitrogens with one attached hydrogen (secondary N) is 3. The fraction of sp³-hybridized carbons (Fsp3) is 0.254. The monoisotopic (exact) mass is 1380 g/mol. The molecule has 5 heterocycles. The molecule has 0 radical (unpaired) electrons. The molecule has 0 unspecified atom stereocenters. The molecule has 27 heteroatoms. The molecule has 9 aromatic rings. The molecule has 1 saturated heterocycles. The number of carbonyl (C=O) groups excluding carboxylic acids is 3. The highest BCUT2D eigenvalue weighted by molar-refractivity contribution is 9.10. The van der Waals surface area contributed by atoms with Crippen molar-refractivity contribution in [3.05, 3.63) is 193 Å². The van der Waals surface area contributed by atoms with Crippen LogP contribution in [0.5, 0.6) is 11.5 Å². The smallest absolute Gasteiger partial charge is 0.496 e. The van der Waals surface area contributed by atoms with E-state index < -0.39 is 102 Å². The molecule has 0 bridgehead atoms. The summed E-state index contributed by atoms with van der Waals surface area (Å²) < 4.78 is 138. The Balaban J connectivity index is 0.000000205. The van der Waals surface area contributed by atoms with E-state index in [1.165, 1.54) is 36.2 Å². The van der Waals surface area contributed by atoms with Crippen LogP contribution in [-0.4, -0.2) is 97.9 Å². The summed E-state index contributed by atoms with van der Waals surface area (Å²) in [5.41, 5.74) is -0.440. The number of hydrogen-bond acceptors (Lipinski definition) is 13. The maximum Gasteiger partial charge on any atom is 0.496 e. The quantitative estimate of drug-likeness (QED) is 0.0438. The first-order valence-electron chi connectivity index (χ1n) is 27.7. The molecule has 1 aliphatic rings. The molecule has 17 nitrogen and oxygen atoms in total. The zero-order valence-electron chi connectivity index (χ0n) is 50.2. The Bertz CT molecular complexity index is 4500. The fourth-order valence-corrected chi connectivity index (χ4v) is 12.6. The maximum absolute atomic E-state index is 15.7. The van der Waals surface area contributed by atoms with Crippen LogP contribution >= 0.6 is 39.1 Å². The van der Waals surface area contributed by atoms with Gasteiger partial charge in [0.1, 0.15) is 34.4 Å². The molecule has 3 N–H and O–H groups in total. The Morgan fingerprint density at radius 2 is 1.20 bits per heavy atom. The second-order valence-corrected chi connectivity index (χ2v) is 27.1. The van der Waals surface area contributed by atoms with E-state index in [9.17, 15) is 35.6 Å². The summed E-state index contributed by atoms with van der Waals surface area (Å²) in [6, 6.07) is 22.6. The van der Waals surface area contributed by atoms with Gasteiger partial charge in [-0.25, -0.2) is 44.4 Å². The van der Waals surface area contributed by atoms with E-state index in [0.717, 1.165) is 56.4 Å². The molecular formula is C63H60BBrCl2F4N6O11S2. The number of H-pyrrole nitrogens is 1. The van der Waals surface area contributed by atoms with Crippen molar-refractivity contribution in [3.8, 4) is 22.6 Å². The van der Waals surface area contributed by atoms with Gasteiger partial charge in [-0.2, -0.15) is 0 Å². The molecule has 4 aromatic heterocycles. The Kier molecular flexibility index (Phi) is 20.8. The minimum atomic E-state index is -3.98. The van der Waals surface area contributed by atoms with E-state index in [1.807, 2.05) is 71.9 Å². The third-order valence-electron chi connectivity index (χ3n) is 14.8. The summed E-state index contributed by atoms with van der Waals surface area (Å²) >= 11 is 16.0. The number of fused-ring (bicyclic) bond motifs is 2. The van der Waals surface area contributed by atoms with Crippen LogP contribution in [0, 0.1) is 37.1 Å². The lowest BCUT2D eigenvalue weighted by Gasteiger charge is -2.32. The summed E-state index contributed by atoms with van der Waals surface area (Å²) in [6.07, 6.45) is 6.00. The number of pyridine rings is 2. The molecule has 10 rings (SSSR count). The lowest BCUT2D eigenvalue weighted by molar-refractivity contribution is 0.00578. The molecule has 0 aliphatic carbocycles. The van der Waals surface area contributed by atoms with Gasteiger partial charge in [0.2, 0.25) is 31.6 Å². The highest BCUT2D eigenvalue weighted by atomic mass is 79.9. The van der Waals surface area contributed by atoms with Crippen molar-refractivity contribution in [2.45, 2.75) is 79.4 Å². The van der Waals surface area contributed by atoms with Gasteiger partial charge in [0, 0.05) is 56.6 Å². The average Bonchev–Trinajstić information content (AvgIpc) is 1.82. The van der Waals surface area contributed by atoms with Crippen LogP contribution in [0.3, 0.4) is 0 Å². The minimum absolute atomic E-state index is 0.00637. The van der Waals surface area contributed by atoms with Gasteiger partial charge in [-0.3, -0.25) is 28.4 Å². The van der Waals surface area contributed by atoms with Crippen molar-refractivity contribution >= 4 is 123 Å². The van der Waals surface area contributed by atoms with Crippen LogP contribution in [0.15, 0.2) is 120 Å². The van der Waals surface area contributed by atoms with Crippen LogP contribution in [0.2, 0.25) is 10.0 Å². The molecule has 0 spiro atoms. The maximum atomic E-state index is 15.7. The molecule has 1 aliphatic heterocycles. The lowest BCUT2D eigenvalue weighted by atomic mass is 9.79. The summed E-state index contributed by atoms with van der Waals surface area (Å²) in [5, 5.41) is 0.471. The van der Waals surface area contributed by atoms with E-state index in [4.69, 9.17) is 42.0 Å². The van der Waals surface area contributed by atoms with E-state index >= 15 is 13.2 Å². The number of benzene rings is 5. The summed E-state index contributed by atoms with van der Waals surface area (Å²) in [6.45, 7) is 14.6. The lowest BCUT2D eigenvalue weighted by Crippen LogP contribution is -2.41. The number of aromatic amines is 1. The molecule has 5 aromatic carbocycles. The number of aromatic nitrogens is 4. The van der Waals surface area contributed by atoms with Gasteiger partial charge in [0.25, 0.3) is 5.91 Å². The van der Waals surface area contributed by atoms with Crippen LogP contribution in [0.25, 0.3) is 33.2 Å². The Labute approximate surface area is 536 Å². The molecule has 1 fully saturated rings.